The maximum Gasteiger partial charge on any atom is 0.0733 e. The summed E-state index contributed by atoms with van der Waals surface area (Å²) >= 11 is 0. The van der Waals surface area contributed by atoms with Gasteiger partial charge in [-0.05, 0) is 178 Å². The van der Waals surface area contributed by atoms with Crippen LogP contribution >= 0.6 is 0 Å². The second-order valence-electron chi connectivity index (χ2n) is 18.2. The van der Waals surface area contributed by atoms with Gasteiger partial charge in [0, 0.05) is 104 Å². The molecule has 0 fully saturated rings. The zero-order valence-corrected chi connectivity index (χ0v) is 45.6. The zero-order valence-electron chi connectivity index (χ0n) is 78.6. The Kier molecular flexibility index (Phi) is 11.7. The molecule has 0 bridgehead atoms. The van der Waals surface area contributed by atoms with Crippen molar-refractivity contribution in [2.45, 2.75) is 82.3 Å². The fourth-order valence-corrected chi connectivity index (χ4v) is 7.82. The smallest absolute Gasteiger partial charge is 0.0733 e. The predicted molar refractivity (Wildman–Crippen MR) is 357 cm³/mol. The standard InChI is InChI=1S/C14H15N.C14H14.3C13H13N.C12H11N/c1-10-9-15-14(12(3)11(10)2)13-7-5-4-6-8-13;1-11-8-9-14(10-12(11)2)13-6-4-3-5-7-13;1-10-8-13(14-9-11(10)2)12-6-4-3-5-7-12;1-10-8-11(2)13(14-9-10)12-6-4-3-5-7-12;1-10-8-9-14-13(11(10)2)12-6-4-3-5-7-12;1-10-6-5-9-13-12(10)11-7-3-2-4-8-11/h4-9H,1-3H3;3-10H,1-2H3;3*3-9H,1-2H3;2-9H,1H3/i1D3,2D3,3D3;1D3;3*1D3,2D3;1D3. The van der Waals surface area contributed by atoms with Crippen LogP contribution in [0.1, 0.15) is 112 Å². The summed E-state index contributed by atoms with van der Waals surface area (Å²) in [6.45, 7) is -25.6. The number of rotatable bonds is 6. The minimum Gasteiger partial charge on any atom is -0.256 e. The van der Waals surface area contributed by atoms with E-state index in [1.165, 1.54) is 30.6 Å². The molecule has 5 heteroatoms. The van der Waals surface area contributed by atoms with Crippen molar-refractivity contribution in [2.24, 2.45) is 0 Å². The van der Waals surface area contributed by atoms with E-state index in [4.69, 9.17) is 45.2 Å². The Labute approximate surface area is 547 Å². The van der Waals surface area contributed by atoms with Crippen molar-refractivity contribution < 1.29 is 45.2 Å². The van der Waals surface area contributed by atoms with Crippen molar-refractivity contribution in [3.8, 4) is 67.4 Å². The van der Waals surface area contributed by atoms with Gasteiger partial charge >= 0.3 is 0 Å². The van der Waals surface area contributed by atoms with Gasteiger partial charge in [0.15, 0.2) is 0 Å². The molecule has 84 heavy (non-hydrogen) atoms. The highest BCUT2D eigenvalue weighted by atomic mass is 14.7. The Hall–Kier alpha value is -9.71. The van der Waals surface area contributed by atoms with Crippen LogP contribution in [0.4, 0.5) is 0 Å². The lowest BCUT2D eigenvalue weighted by atomic mass is 10.0. The van der Waals surface area contributed by atoms with Crippen LogP contribution in [-0.4, -0.2) is 24.9 Å². The minimum atomic E-state index is -2.90. The first-order valence-electron chi connectivity index (χ1n) is 42.5. The van der Waals surface area contributed by atoms with Crippen LogP contribution in [0.3, 0.4) is 0 Å². The molecule has 7 aromatic carbocycles. The van der Waals surface area contributed by atoms with E-state index in [9.17, 15) is 0 Å². The van der Waals surface area contributed by atoms with Crippen LogP contribution in [-0.2, 0) is 0 Å². The number of benzene rings is 7. The number of hydrogen-bond acceptors (Lipinski definition) is 5. The molecule has 0 spiro atoms. The van der Waals surface area contributed by atoms with Gasteiger partial charge < -0.3 is 0 Å². The highest BCUT2D eigenvalue weighted by Crippen LogP contribution is 2.27. The molecule has 12 rings (SSSR count). The third kappa shape index (κ3) is 17.9. The van der Waals surface area contributed by atoms with E-state index in [2.05, 4.69) is 24.9 Å². The molecule has 0 radical (unpaired) electrons. The number of aryl methyl sites for hydroxylation is 9. The van der Waals surface area contributed by atoms with Crippen LogP contribution in [0, 0.1) is 82.3 Å². The van der Waals surface area contributed by atoms with Gasteiger partial charge in [0.2, 0.25) is 0 Å². The predicted octanol–water partition coefficient (Wildman–Crippen LogP) is 20.8. The average Bonchev–Trinajstić information content (AvgIpc) is 0.749. The van der Waals surface area contributed by atoms with Crippen molar-refractivity contribution in [2.75, 3.05) is 0 Å². The summed E-state index contributed by atoms with van der Waals surface area (Å²) in [7, 11) is 0. The van der Waals surface area contributed by atoms with Crippen LogP contribution in [0.15, 0.2) is 262 Å². The molecule has 5 heterocycles. The molecule has 5 aromatic heterocycles. The van der Waals surface area contributed by atoms with Gasteiger partial charge in [-0.15, -0.1) is 0 Å². The third-order valence-corrected chi connectivity index (χ3v) is 12.2. The van der Waals surface area contributed by atoms with Crippen molar-refractivity contribution in [1.82, 2.24) is 24.9 Å². The minimum absolute atomic E-state index is 0.0441. The number of nitrogens with zero attached hydrogens (tertiary/aromatic N) is 5. The fraction of sp³-hybridized carbons (Fsp3) is 0.152. The summed E-state index contributed by atoms with van der Waals surface area (Å²) in [5.41, 5.74) is 5.67. The van der Waals surface area contributed by atoms with E-state index in [0.717, 1.165) is 40.2 Å². The third-order valence-electron chi connectivity index (χ3n) is 12.2. The van der Waals surface area contributed by atoms with Crippen LogP contribution in [0.5, 0.6) is 0 Å². The van der Waals surface area contributed by atoms with Gasteiger partial charge in [-0.1, -0.05) is 212 Å². The molecule has 0 aliphatic rings. The van der Waals surface area contributed by atoms with E-state index in [-0.39, 0.29) is 44.8 Å². The summed E-state index contributed by atoms with van der Waals surface area (Å²) in [4.78, 5) is 20.4. The fourth-order valence-electron chi connectivity index (χ4n) is 7.82. The molecule has 0 saturated heterocycles. The maximum absolute atomic E-state index is 7.74. The van der Waals surface area contributed by atoms with Gasteiger partial charge in [-0.3, -0.25) is 24.9 Å². The molecule has 0 aliphatic heterocycles. The Bertz CT molecular complexity index is 5200. The summed E-state index contributed by atoms with van der Waals surface area (Å²) in [5.74, 6) is 0. The molecule has 420 valence electrons. The van der Waals surface area contributed by atoms with Gasteiger partial charge in [-0.2, -0.15) is 0 Å². The molecule has 0 amide bonds. The first kappa shape index (κ1) is 31.1. The van der Waals surface area contributed by atoms with E-state index in [0.29, 0.717) is 44.9 Å². The van der Waals surface area contributed by atoms with Crippen LogP contribution in [0.2, 0.25) is 0 Å². The normalized spacial score (nSPS) is 17.6. The van der Waals surface area contributed by atoms with E-state index < -0.39 is 92.1 Å². The Morgan fingerprint density at radius 1 is 0.238 bits per heavy atom. The lowest BCUT2D eigenvalue weighted by Gasteiger charge is -2.09. The molecule has 0 aliphatic carbocycles. The lowest BCUT2D eigenvalue weighted by Crippen LogP contribution is -1.94. The number of aromatic nitrogens is 5. The SMILES string of the molecule is [2H]C([2H])([2H])c1ccc(-c2ccccc2)cc1C.[2H]C([2H])([2H])c1cccnc1-c1ccccc1.[2H]C([2H])([2H])c1ccnc(-c2ccccc2)c1C([2H])([2H])[2H].[2H]C([2H])([2H])c1cnc(-c2ccccc2)c(C([2H])([2H])[2H])c1.[2H]C([2H])([2H])c1cnc(-c2ccccc2)c(C([2H])([2H])[2H])c1C([2H])([2H])[2H].[2H]C([2H])([2H])c1cnc(-c2ccccc2)cc1C([2H])([2H])[2H]. The summed E-state index contributed by atoms with van der Waals surface area (Å²) in [6.07, 6.45) is 6.23. The topological polar surface area (TPSA) is 64.5 Å². The molecule has 12 aromatic rings. The van der Waals surface area contributed by atoms with Crippen LogP contribution < -0.4 is 0 Å². The molecule has 0 unspecified atom stereocenters. The van der Waals surface area contributed by atoms with Gasteiger partial charge in [0.25, 0.3) is 0 Å². The molecular formula is C79H79N5. The van der Waals surface area contributed by atoms with E-state index in [1.54, 1.807) is 121 Å². The van der Waals surface area contributed by atoms with Crippen molar-refractivity contribution in [1.29, 1.82) is 0 Å². The molecule has 5 nitrogen and oxygen atoms in total. The van der Waals surface area contributed by atoms with Crippen molar-refractivity contribution in [3.05, 3.63) is 328 Å². The molecule has 0 N–H and O–H groups in total. The van der Waals surface area contributed by atoms with Crippen LogP contribution in [0.25, 0.3) is 67.4 Å². The Balaban J connectivity index is 0.000000195. The number of pyridine rings is 5. The Morgan fingerprint density at radius 2 is 0.714 bits per heavy atom. The zero-order chi connectivity index (χ0) is 87.3. The second kappa shape index (κ2) is 31.5. The van der Waals surface area contributed by atoms with Crippen molar-refractivity contribution >= 4 is 0 Å². The summed E-state index contributed by atoms with van der Waals surface area (Å²) < 4.78 is 248. The molecule has 0 atom stereocenters. The first-order chi connectivity index (χ1) is 54.0. The number of hydrogen-bond donors (Lipinski definition) is 0. The summed E-state index contributed by atoms with van der Waals surface area (Å²) in [5, 5.41) is 0. The monoisotopic (exact) mass is 1130 g/mol. The van der Waals surface area contributed by atoms with Gasteiger partial charge in [0.1, 0.15) is 0 Å². The lowest BCUT2D eigenvalue weighted by molar-refractivity contribution is 1.17. The highest BCUT2D eigenvalue weighted by molar-refractivity contribution is 5.67. The Morgan fingerprint density at radius 3 is 1.24 bits per heavy atom. The van der Waals surface area contributed by atoms with E-state index >= 15 is 0 Å². The molecular weight excluding hydrogens is 1020 g/mol. The molecule has 0 saturated carbocycles. The average molecular weight is 1130 g/mol. The largest absolute Gasteiger partial charge is 0.256 e. The van der Waals surface area contributed by atoms with E-state index in [1.807, 2.05) is 104 Å². The van der Waals surface area contributed by atoms with Gasteiger partial charge in [-0.25, -0.2) is 0 Å². The van der Waals surface area contributed by atoms with Gasteiger partial charge in [0.05, 0.1) is 28.5 Å². The highest BCUT2D eigenvalue weighted by Gasteiger charge is 2.08. The second-order valence-corrected chi connectivity index (χ2v) is 18.2. The first-order valence-corrected chi connectivity index (χ1v) is 26.0. The van der Waals surface area contributed by atoms with Crippen molar-refractivity contribution in [3.63, 3.8) is 0 Å². The quantitative estimate of drug-likeness (QED) is 0.166. The summed E-state index contributed by atoms with van der Waals surface area (Å²) in [6, 6.07) is 66.7. The maximum atomic E-state index is 7.74.